The lowest BCUT2D eigenvalue weighted by atomic mass is 10.0. The molecule has 2 amide bonds. The van der Waals surface area contributed by atoms with Gasteiger partial charge in [-0.1, -0.05) is 29.5 Å². The number of nitrogens with zero attached hydrogens (tertiary/aromatic N) is 4. The van der Waals surface area contributed by atoms with Crippen LogP contribution in [-0.4, -0.2) is 52.0 Å². The van der Waals surface area contributed by atoms with Crippen LogP contribution in [0.1, 0.15) is 17.3 Å². The van der Waals surface area contributed by atoms with Crippen LogP contribution in [0.2, 0.25) is 0 Å². The Morgan fingerprint density at radius 3 is 2.42 bits per heavy atom. The number of rotatable bonds is 8. The predicted octanol–water partition coefficient (Wildman–Crippen LogP) is 4.46. The van der Waals surface area contributed by atoms with Crippen LogP contribution in [-0.2, 0) is 10.0 Å². The fourth-order valence-corrected chi connectivity index (χ4v) is 5.97. The fourth-order valence-electron chi connectivity index (χ4n) is 3.85. The first-order valence-electron chi connectivity index (χ1n) is 11.8. The topological polar surface area (TPSA) is 176 Å². The van der Waals surface area contributed by atoms with E-state index in [-0.39, 0.29) is 17.5 Å². The summed E-state index contributed by atoms with van der Waals surface area (Å²) in [5.41, 5.74) is 2.98. The van der Waals surface area contributed by atoms with Crippen molar-refractivity contribution in [1.82, 2.24) is 25.3 Å². The molecule has 5 aromatic rings. The first-order valence-corrected chi connectivity index (χ1v) is 14.1. The van der Waals surface area contributed by atoms with E-state index in [0.717, 1.165) is 10.3 Å². The third-order valence-electron chi connectivity index (χ3n) is 5.61. The molecule has 0 aliphatic carbocycles. The highest BCUT2D eigenvalue weighted by atomic mass is 32.2. The number of carbonyl (C=O) groups is 2. The maximum Gasteiger partial charge on any atom is 0.337 e. The summed E-state index contributed by atoms with van der Waals surface area (Å²) in [6.45, 7) is 2.29. The molecule has 12 nitrogen and oxygen atoms in total. The summed E-state index contributed by atoms with van der Waals surface area (Å²) in [6, 6.07) is 14.1. The summed E-state index contributed by atoms with van der Waals surface area (Å²) >= 11 is 1.31. The molecular formula is C26H21N7O5S2. The molecule has 202 valence electrons. The predicted molar refractivity (Wildman–Crippen MR) is 151 cm³/mol. The molecule has 0 saturated heterocycles. The molecule has 4 N–H and O–H groups in total. The SMILES string of the molecule is CCNC(=O)Nc1nc2cc(-c3cnc(NS(=O)(=O)c4ccccc4C(=O)O)nc3)cc(-c3ccccn3)c2s1. The second-order valence-corrected chi connectivity index (χ2v) is 10.9. The summed E-state index contributed by atoms with van der Waals surface area (Å²) in [7, 11) is -4.26. The van der Waals surface area contributed by atoms with Gasteiger partial charge in [-0.2, -0.15) is 0 Å². The number of amides is 2. The molecule has 0 atom stereocenters. The summed E-state index contributed by atoms with van der Waals surface area (Å²) in [6.07, 6.45) is 4.56. The number of sulfonamides is 1. The number of hydrogen-bond donors (Lipinski definition) is 4. The minimum absolute atomic E-state index is 0.225. The fraction of sp³-hybridized carbons (Fsp3) is 0.0769. The molecule has 0 spiro atoms. The Morgan fingerprint density at radius 2 is 1.73 bits per heavy atom. The second kappa shape index (κ2) is 11.0. The van der Waals surface area contributed by atoms with Crippen molar-refractivity contribution < 1.29 is 23.1 Å². The van der Waals surface area contributed by atoms with Gasteiger partial charge in [-0.15, -0.1) is 0 Å². The van der Waals surface area contributed by atoms with Gasteiger partial charge in [-0.05, 0) is 48.9 Å². The van der Waals surface area contributed by atoms with Crippen molar-refractivity contribution in [2.45, 2.75) is 11.8 Å². The Labute approximate surface area is 232 Å². The normalized spacial score (nSPS) is 11.2. The lowest BCUT2D eigenvalue weighted by Gasteiger charge is -2.10. The van der Waals surface area contributed by atoms with Gasteiger partial charge in [-0.25, -0.2) is 37.7 Å². The van der Waals surface area contributed by atoms with Crippen LogP contribution in [0, 0.1) is 0 Å². The molecule has 0 radical (unpaired) electrons. The van der Waals surface area contributed by atoms with Gasteiger partial charge in [0.15, 0.2) is 5.13 Å². The number of nitrogens with one attached hydrogen (secondary N) is 3. The number of benzene rings is 2. The number of aromatic carboxylic acids is 1. The van der Waals surface area contributed by atoms with Crippen LogP contribution in [0.15, 0.2) is 78.1 Å². The first-order chi connectivity index (χ1) is 19.2. The van der Waals surface area contributed by atoms with Crippen molar-refractivity contribution in [3.05, 3.63) is 78.8 Å². The van der Waals surface area contributed by atoms with Crippen molar-refractivity contribution in [1.29, 1.82) is 0 Å². The van der Waals surface area contributed by atoms with E-state index in [9.17, 15) is 23.1 Å². The molecule has 0 saturated carbocycles. The summed E-state index contributed by atoms with van der Waals surface area (Å²) in [5, 5.41) is 15.2. The highest BCUT2D eigenvalue weighted by Gasteiger charge is 2.23. The van der Waals surface area contributed by atoms with Gasteiger partial charge in [-0.3, -0.25) is 10.3 Å². The van der Waals surface area contributed by atoms with Crippen molar-refractivity contribution in [3.8, 4) is 22.4 Å². The highest BCUT2D eigenvalue weighted by molar-refractivity contribution is 7.92. The largest absolute Gasteiger partial charge is 0.478 e. The second-order valence-electron chi connectivity index (χ2n) is 8.29. The van der Waals surface area contributed by atoms with Gasteiger partial charge in [0, 0.05) is 36.3 Å². The number of carbonyl (C=O) groups excluding carboxylic acids is 1. The molecule has 0 bridgehead atoms. The molecule has 14 heteroatoms. The number of aromatic nitrogens is 4. The Morgan fingerprint density at radius 1 is 0.975 bits per heavy atom. The number of urea groups is 1. The highest BCUT2D eigenvalue weighted by Crippen LogP contribution is 2.38. The Balaban J connectivity index is 1.49. The van der Waals surface area contributed by atoms with Crippen LogP contribution in [0.5, 0.6) is 0 Å². The average Bonchev–Trinajstić information content (AvgIpc) is 3.35. The van der Waals surface area contributed by atoms with E-state index in [1.165, 1.54) is 48.0 Å². The summed E-state index contributed by atoms with van der Waals surface area (Å²) < 4.78 is 28.7. The van der Waals surface area contributed by atoms with E-state index in [2.05, 4.69) is 35.3 Å². The molecular weight excluding hydrogens is 554 g/mol. The van der Waals surface area contributed by atoms with E-state index in [0.29, 0.717) is 34.0 Å². The van der Waals surface area contributed by atoms with E-state index >= 15 is 0 Å². The summed E-state index contributed by atoms with van der Waals surface area (Å²) in [4.78, 5) is 40.4. The lowest BCUT2D eigenvalue weighted by molar-refractivity contribution is 0.0692. The molecule has 40 heavy (non-hydrogen) atoms. The zero-order chi connectivity index (χ0) is 28.3. The monoisotopic (exact) mass is 575 g/mol. The van der Waals surface area contributed by atoms with E-state index < -0.39 is 20.9 Å². The standard InChI is InChI=1S/C26H21N7O5S2/c1-2-27-25(36)32-26-31-20-12-15(11-18(22(20)39-26)19-8-5-6-10-28-19)16-13-29-24(30-14-16)33-40(37,38)21-9-4-3-7-17(21)23(34)35/h3-14H,2H2,1H3,(H,34,35)(H,29,30,33)(H2,27,31,32,36). The number of carboxylic acids is 1. The number of anilines is 2. The number of carboxylic acid groups (broad SMARTS) is 1. The van der Waals surface area contributed by atoms with Gasteiger partial charge < -0.3 is 10.4 Å². The Hall–Kier alpha value is -4.95. The molecule has 0 aliphatic rings. The van der Waals surface area contributed by atoms with Crippen LogP contribution in [0.3, 0.4) is 0 Å². The van der Waals surface area contributed by atoms with Crippen LogP contribution in [0.25, 0.3) is 32.6 Å². The quantitative estimate of drug-likeness (QED) is 0.208. The minimum atomic E-state index is -4.26. The number of pyridine rings is 1. The molecule has 0 fully saturated rings. The van der Waals surface area contributed by atoms with Crippen molar-refractivity contribution in [2.24, 2.45) is 0 Å². The van der Waals surface area contributed by atoms with Crippen molar-refractivity contribution in [3.63, 3.8) is 0 Å². The smallest absolute Gasteiger partial charge is 0.337 e. The van der Waals surface area contributed by atoms with E-state index in [4.69, 9.17) is 0 Å². The molecule has 2 aromatic carbocycles. The Kier molecular flexibility index (Phi) is 7.35. The van der Waals surface area contributed by atoms with Crippen molar-refractivity contribution in [2.75, 3.05) is 16.6 Å². The number of fused-ring (bicyclic) bond motifs is 1. The van der Waals surface area contributed by atoms with Crippen LogP contribution < -0.4 is 15.4 Å². The minimum Gasteiger partial charge on any atom is -0.478 e. The van der Waals surface area contributed by atoms with E-state index in [1.54, 1.807) is 6.20 Å². The molecule has 3 heterocycles. The van der Waals surface area contributed by atoms with Crippen molar-refractivity contribution >= 4 is 54.7 Å². The third kappa shape index (κ3) is 5.57. The number of thiazole rings is 1. The zero-order valence-electron chi connectivity index (χ0n) is 20.8. The molecule has 3 aromatic heterocycles. The van der Waals surface area contributed by atoms with Gasteiger partial charge in [0.1, 0.15) is 4.90 Å². The van der Waals surface area contributed by atoms with Gasteiger partial charge in [0.25, 0.3) is 10.0 Å². The number of hydrogen-bond acceptors (Lipinski definition) is 9. The summed E-state index contributed by atoms with van der Waals surface area (Å²) in [5.74, 6) is -1.60. The first kappa shape index (κ1) is 26.6. The molecule has 5 rings (SSSR count). The molecule has 0 unspecified atom stereocenters. The van der Waals surface area contributed by atoms with Gasteiger partial charge in [0.2, 0.25) is 5.95 Å². The Bertz CT molecular complexity index is 1830. The lowest BCUT2D eigenvalue weighted by Crippen LogP contribution is -2.28. The van der Waals surface area contributed by atoms with Gasteiger partial charge >= 0.3 is 12.0 Å². The maximum absolute atomic E-state index is 12.8. The third-order valence-corrected chi connectivity index (χ3v) is 8.01. The average molecular weight is 576 g/mol. The van der Waals surface area contributed by atoms with Gasteiger partial charge in [0.05, 0.1) is 21.5 Å². The van der Waals surface area contributed by atoms with Crippen LogP contribution >= 0.6 is 11.3 Å². The van der Waals surface area contributed by atoms with Crippen LogP contribution in [0.4, 0.5) is 15.9 Å². The maximum atomic E-state index is 12.8. The molecule has 0 aliphatic heterocycles. The van der Waals surface area contributed by atoms with E-state index in [1.807, 2.05) is 37.3 Å². The zero-order valence-corrected chi connectivity index (χ0v) is 22.5.